The van der Waals surface area contributed by atoms with Gasteiger partial charge in [-0.2, -0.15) is 0 Å². The summed E-state index contributed by atoms with van der Waals surface area (Å²) in [5.41, 5.74) is 1.47. The van der Waals surface area contributed by atoms with Gasteiger partial charge < -0.3 is 14.0 Å². The van der Waals surface area contributed by atoms with Crippen molar-refractivity contribution >= 4 is 11.9 Å². The summed E-state index contributed by atoms with van der Waals surface area (Å²) in [4.78, 5) is 25.3. The molecule has 1 aliphatic rings. The average molecular weight is 456 g/mol. The Bertz CT molecular complexity index is 943. The number of carbonyl (C=O) groups excluding carboxylic acids is 2. The van der Waals surface area contributed by atoms with Crippen LogP contribution in [-0.2, 0) is 27.3 Å². The van der Waals surface area contributed by atoms with E-state index in [1.807, 2.05) is 51.1 Å². The molecule has 6 heteroatoms. The Hall–Kier alpha value is -2.63. The Labute approximate surface area is 197 Å². The van der Waals surface area contributed by atoms with Crippen LogP contribution in [0.3, 0.4) is 0 Å². The first-order valence-corrected chi connectivity index (χ1v) is 11.8. The van der Waals surface area contributed by atoms with E-state index in [9.17, 15) is 9.59 Å². The third kappa shape index (κ3) is 7.44. The van der Waals surface area contributed by atoms with E-state index in [4.69, 9.17) is 14.0 Å². The highest BCUT2D eigenvalue weighted by Crippen LogP contribution is 2.48. The number of hydrogen-bond acceptors (Lipinski definition) is 6. The van der Waals surface area contributed by atoms with E-state index >= 15 is 0 Å². The molecule has 0 N–H and O–H groups in total. The van der Waals surface area contributed by atoms with Gasteiger partial charge in [0.25, 0.3) is 0 Å². The summed E-state index contributed by atoms with van der Waals surface area (Å²) in [6.07, 6.45) is 3.47. The molecule has 2 aromatic rings. The molecular weight excluding hydrogens is 418 g/mol. The van der Waals surface area contributed by atoms with Crippen molar-refractivity contribution in [2.24, 2.45) is 11.3 Å². The number of benzene rings is 1. The number of aryl methyl sites for hydroxylation is 1. The molecule has 33 heavy (non-hydrogen) atoms. The van der Waals surface area contributed by atoms with Gasteiger partial charge in [-0.3, -0.25) is 4.79 Å². The highest BCUT2D eigenvalue weighted by Gasteiger charge is 2.39. The number of nitrogens with zero attached hydrogens (tertiary/aromatic N) is 1. The van der Waals surface area contributed by atoms with E-state index in [1.54, 1.807) is 0 Å². The van der Waals surface area contributed by atoms with Crippen LogP contribution in [0.25, 0.3) is 0 Å². The smallest absolute Gasteiger partial charge is 0.344 e. The highest BCUT2D eigenvalue weighted by molar-refractivity contribution is 5.92. The van der Waals surface area contributed by atoms with E-state index in [-0.39, 0.29) is 36.8 Å². The minimum absolute atomic E-state index is 0.125. The molecule has 0 aliphatic heterocycles. The van der Waals surface area contributed by atoms with Gasteiger partial charge in [0.15, 0.2) is 5.76 Å². The molecule has 0 saturated heterocycles. The number of ether oxygens (including phenoxy) is 2. The summed E-state index contributed by atoms with van der Waals surface area (Å²) in [6, 6.07) is 9.55. The lowest BCUT2D eigenvalue weighted by molar-refractivity contribution is -0.154. The van der Waals surface area contributed by atoms with Crippen LogP contribution in [0, 0.1) is 11.3 Å². The summed E-state index contributed by atoms with van der Waals surface area (Å²) in [5.74, 6) is 0.577. The Balaban J connectivity index is 1.72. The van der Waals surface area contributed by atoms with E-state index in [1.165, 1.54) is 0 Å². The second kappa shape index (κ2) is 10.1. The molecular formula is C27H37NO5. The summed E-state index contributed by atoms with van der Waals surface area (Å²) in [5, 5.41) is 4.18. The normalized spacial score (nSPS) is 18.5. The third-order valence-corrected chi connectivity index (χ3v) is 5.70. The van der Waals surface area contributed by atoms with E-state index in [0.717, 1.165) is 24.8 Å². The molecule has 1 aromatic carbocycles. The van der Waals surface area contributed by atoms with Gasteiger partial charge in [-0.15, -0.1) is 0 Å². The van der Waals surface area contributed by atoms with Crippen molar-refractivity contribution in [3.8, 4) is 0 Å². The molecule has 0 spiro atoms. The van der Waals surface area contributed by atoms with Gasteiger partial charge in [0.2, 0.25) is 0 Å². The van der Waals surface area contributed by atoms with Crippen molar-refractivity contribution in [3.05, 3.63) is 52.9 Å². The van der Waals surface area contributed by atoms with Gasteiger partial charge in [0, 0.05) is 12.3 Å². The van der Waals surface area contributed by atoms with Crippen LogP contribution in [0.4, 0.5) is 0 Å². The van der Waals surface area contributed by atoms with Gasteiger partial charge in [0.05, 0.1) is 12.1 Å². The minimum Gasteiger partial charge on any atom is -0.460 e. The molecule has 1 aliphatic carbocycles. The quantitative estimate of drug-likeness (QED) is 0.439. The zero-order valence-electron chi connectivity index (χ0n) is 20.8. The van der Waals surface area contributed by atoms with Crippen molar-refractivity contribution in [1.29, 1.82) is 0 Å². The molecule has 1 heterocycles. The first-order chi connectivity index (χ1) is 15.4. The molecule has 0 amide bonds. The lowest BCUT2D eigenvalue weighted by Gasteiger charge is -2.37. The maximum absolute atomic E-state index is 13.1. The molecule has 180 valence electrons. The highest BCUT2D eigenvalue weighted by atomic mass is 16.6. The molecule has 0 atom stereocenters. The SMILES string of the molecule is CC(C)(C)C[C@H]1C[C@@H](c2onc(CCC(=O)OC(C)(C)C)c2C(=O)OCc2ccccc2)C1. The van der Waals surface area contributed by atoms with Gasteiger partial charge in [-0.1, -0.05) is 56.3 Å². The Morgan fingerprint density at radius 1 is 1.06 bits per heavy atom. The van der Waals surface area contributed by atoms with Crippen LogP contribution >= 0.6 is 0 Å². The molecule has 3 rings (SSSR count). The Morgan fingerprint density at radius 3 is 2.33 bits per heavy atom. The largest absolute Gasteiger partial charge is 0.460 e. The van der Waals surface area contributed by atoms with Gasteiger partial charge >= 0.3 is 11.9 Å². The molecule has 0 bridgehead atoms. The first kappa shape index (κ1) is 25.0. The van der Waals surface area contributed by atoms with Crippen molar-refractivity contribution in [3.63, 3.8) is 0 Å². The van der Waals surface area contributed by atoms with Gasteiger partial charge in [-0.25, -0.2) is 4.79 Å². The standard InChI is InChI=1S/C27H37NO5/c1-26(2,3)16-19-14-20(15-19)24-23(25(30)31-17-18-10-8-7-9-11-18)21(28-33-24)12-13-22(29)32-27(4,5)6/h7-11,19-20H,12-17H2,1-6H3/t19-,20+. The molecule has 0 radical (unpaired) electrons. The van der Waals surface area contributed by atoms with Crippen molar-refractivity contribution in [2.75, 3.05) is 0 Å². The maximum atomic E-state index is 13.1. The van der Waals surface area contributed by atoms with Crippen LogP contribution in [0.2, 0.25) is 0 Å². The Morgan fingerprint density at radius 2 is 1.73 bits per heavy atom. The van der Waals surface area contributed by atoms with Gasteiger partial charge in [0.1, 0.15) is 17.8 Å². The minimum atomic E-state index is -0.558. The zero-order chi connectivity index (χ0) is 24.2. The van der Waals surface area contributed by atoms with E-state index < -0.39 is 11.6 Å². The summed E-state index contributed by atoms with van der Waals surface area (Å²) < 4.78 is 16.7. The number of rotatable bonds is 8. The number of aromatic nitrogens is 1. The van der Waals surface area contributed by atoms with Crippen LogP contribution in [0.5, 0.6) is 0 Å². The van der Waals surface area contributed by atoms with Crippen molar-refractivity contribution in [1.82, 2.24) is 5.16 Å². The third-order valence-electron chi connectivity index (χ3n) is 5.70. The number of carbonyl (C=O) groups is 2. The number of esters is 2. The van der Waals surface area contributed by atoms with Gasteiger partial charge in [-0.05, 0) is 56.9 Å². The lowest BCUT2D eigenvalue weighted by Crippen LogP contribution is -2.27. The molecule has 1 saturated carbocycles. The van der Waals surface area contributed by atoms with E-state index in [2.05, 4.69) is 25.9 Å². The van der Waals surface area contributed by atoms with Crippen LogP contribution in [0.15, 0.2) is 34.9 Å². The van der Waals surface area contributed by atoms with Crippen molar-refractivity contribution < 1.29 is 23.6 Å². The summed E-state index contributed by atoms with van der Waals surface area (Å²) in [6.45, 7) is 12.4. The van der Waals surface area contributed by atoms with E-state index in [0.29, 0.717) is 22.9 Å². The summed E-state index contributed by atoms with van der Waals surface area (Å²) in [7, 11) is 0. The Kier molecular flexibility index (Phi) is 7.65. The number of hydrogen-bond donors (Lipinski definition) is 0. The lowest BCUT2D eigenvalue weighted by atomic mass is 9.67. The fourth-order valence-electron chi connectivity index (χ4n) is 4.40. The van der Waals surface area contributed by atoms with Crippen LogP contribution < -0.4 is 0 Å². The molecule has 1 aromatic heterocycles. The zero-order valence-corrected chi connectivity index (χ0v) is 20.8. The predicted octanol–water partition coefficient (Wildman–Crippen LogP) is 6.24. The van der Waals surface area contributed by atoms with Crippen molar-refractivity contribution in [2.45, 2.75) is 91.8 Å². The van der Waals surface area contributed by atoms with Crippen LogP contribution in [0.1, 0.15) is 101 Å². The second-order valence-corrected chi connectivity index (χ2v) is 11.3. The molecule has 0 unspecified atom stereocenters. The summed E-state index contributed by atoms with van der Waals surface area (Å²) >= 11 is 0. The fraction of sp³-hybridized carbons (Fsp3) is 0.593. The first-order valence-electron chi connectivity index (χ1n) is 11.8. The molecule has 6 nitrogen and oxygen atoms in total. The average Bonchev–Trinajstić information content (AvgIpc) is 3.09. The van der Waals surface area contributed by atoms with Crippen LogP contribution in [-0.4, -0.2) is 22.7 Å². The molecule has 1 fully saturated rings. The maximum Gasteiger partial charge on any atom is 0.344 e. The monoisotopic (exact) mass is 455 g/mol. The predicted molar refractivity (Wildman–Crippen MR) is 126 cm³/mol. The topological polar surface area (TPSA) is 78.6 Å². The second-order valence-electron chi connectivity index (χ2n) is 11.3. The fourth-order valence-corrected chi connectivity index (χ4v) is 4.40.